The van der Waals surface area contributed by atoms with Gasteiger partial charge < -0.3 is 19.6 Å². The Labute approximate surface area is 176 Å². The molecule has 2 aromatic carbocycles. The average molecular weight is 419 g/mol. The topological polar surface area (TPSA) is 97.4 Å². The summed E-state index contributed by atoms with van der Waals surface area (Å²) in [5.41, 5.74) is 1.89. The first-order valence-electron chi connectivity index (χ1n) is 9.45. The van der Waals surface area contributed by atoms with E-state index in [9.17, 15) is 14.0 Å². The van der Waals surface area contributed by atoms with Gasteiger partial charge in [-0.25, -0.2) is 4.39 Å². The molecule has 31 heavy (non-hydrogen) atoms. The Morgan fingerprint density at radius 2 is 1.84 bits per heavy atom. The highest BCUT2D eigenvalue weighted by Crippen LogP contribution is 2.23. The predicted octanol–water partition coefficient (Wildman–Crippen LogP) is 4.82. The van der Waals surface area contributed by atoms with Crippen LogP contribution in [0.3, 0.4) is 0 Å². The van der Waals surface area contributed by atoms with Crippen molar-refractivity contribution in [2.45, 2.75) is 13.3 Å². The van der Waals surface area contributed by atoms with Crippen LogP contribution in [0.15, 0.2) is 75.9 Å². The van der Waals surface area contributed by atoms with Crippen molar-refractivity contribution < 1.29 is 22.9 Å². The second-order valence-corrected chi connectivity index (χ2v) is 6.81. The number of hydrogen-bond donors (Lipinski definition) is 2. The molecule has 0 bridgehead atoms. The summed E-state index contributed by atoms with van der Waals surface area (Å²) in [5, 5.41) is 9.08. The summed E-state index contributed by atoms with van der Waals surface area (Å²) in [6, 6.07) is 16.5. The van der Waals surface area contributed by atoms with Crippen LogP contribution in [-0.4, -0.2) is 17.0 Å². The third-order valence-electron chi connectivity index (χ3n) is 4.56. The number of benzene rings is 2. The molecule has 156 valence electrons. The van der Waals surface area contributed by atoms with Crippen LogP contribution in [0.2, 0.25) is 0 Å². The van der Waals surface area contributed by atoms with Gasteiger partial charge >= 0.3 is 0 Å². The van der Waals surface area contributed by atoms with E-state index in [0.29, 0.717) is 28.5 Å². The Balaban J connectivity index is 1.42. The van der Waals surface area contributed by atoms with Crippen molar-refractivity contribution in [1.29, 1.82) is 0 Å². The lowest BCUT2D eigenvalue weighted by atomic mass is 10.1. The second kappa shape index (κ2) is 8.66. The maximum absolute atomic E-state index is 14.1. The first-order chi connectivity index (χ1) is 15.0. The van der Waals surface area contributed by atoms with Crippen molar-refractivity contribution in [2.24, 2.45) is 0 Å². The van der Waals surface area contributed by atoms with E-state index < -0.39 is 11.7 Å². The van der Waals surface area contributed by atoms with Gasteiger partial charge in [0.2, 0.25) is 5.91 Å². The van der Waals surface area contributed by atoms with Crippen molar-refractivity contribution in [2.75, 3.05) is 10.6 Å². The summed E-state index contributed by atoms with van der Waals surface area (Å²) in [4.78, 5) is 24.7. The zero-order valence-corrected chi connectivity index (χ0v) is 16.5. The maximum Gasteiger partial charge on any atom is 0.259 e. The normalized spacial score (nSPS) is 10.6. The van der Waals surface area contributed by atoms with Gasteiger partial charge in [-0.05, 0) is 31.2 Å². The smallest absolute Gasteiger partial charge is 0.259 e. The van der Waals surface area contributed by atoms with E-state index in [0.717, 1.165) is 11.6 Å². The van der Waals surface area contributed by atoms with Gasteiger partial charge in [0.1, 0.15) is 11.6 Å². The van der Waals surface area contributed by atoms with Gasteiger partial charge in [0.05, 0.1) is 29.6 Å². The van der Waals surface area contributed by atoms with Crippen LogP contribution in [0.25, 0.3) is 11.3 Å². The van der Waals surface area contributed by atoms with E-state index in [1.807, 2.05) is 30.3 Å². The minimum atomic E-state index is -0.628. The fourth-order valence-electron chi connectivity index (χ4n) is 3.01. The third kappa shape index (κ3) is 4.69. The number of hydrogen-bond acceptors (Lipinski definition) is 5. The summed E-state index contributed by atoms with van der Waals surface area (Å²) in [6.07, 6.45) is 1.36. The molecule has 0 aliphatic heterocycles. The Morgan fingerprint density at radius 3 is 2.58 bits per heavy atom. The van der Waals surface area contributed by atoms with E-state index in [1.165, 1.54) is 24.5 Å². The van der Waals surface area contributed by atoms with Gasteiger partial charge in [0, 0.05) is 17.3 Å². The van der Waals surface area contributed by atoms with Crippen molar-refractivity contribution in [3.63, 3.8) is 0 Å². The third-order valence-corrected chi connectivity index (χ3v) is 4.56. The number of rotatable bonds is 6. The first kappa shape index (κ1) is 20.1. The molecular formula is C23H18FN3O4. The molecule has 2 amide bonds. The lowest BCUT2D eigenvalue weighted by Crippen LogP contribution is -2.16. The largest absolute Gasteiger partial charge is 0.469 e. The van der Waals surface area contributed by atoms with Gasteiger partial charge in [-0.3, -0.25) is 9.59 Å². The molecule has 4 aromatic rings. The van der Waals surface area contributed by atoms with Crippen LogP contribution < -0.4 is 10.6 Å². The molecule has 0 fully saturated rings. The molecule has 0 aliphatic rings. The van der Waals surface area contributed by atoms with Crippen LogP contribution >= 0.6 is 0 Å². The van der Waals surface area contributed by atoms with Crippen molar-refractivity contribution in [3.8, 4) is 11.3 Å². The molecule has 0 aliphatic carbocycles. The second-order valence-electron chi connectivity index (χ2n) is 6.81. The monoisotopic (exact) mass is 419 g/mol. The van der Waals surface area contributed by atoms with Crippen molar-refractivity contribution >= 4 is 23.2 Å². The predicted molar refractivity (Wildman–Crippen MR) is 112 cm³/mol. The molecule has 0 atom stereocenters. The zero-order chi connectivity index (χ0) is 21.8. The Hall–Kier alpha value is -4.20. The highest BCUT2D eigenvalue weighted by molar-refractivity contribution is 6.05. The molecule has 7 nitrogen and oxygen atoms in total. The fraction of sp³-hybridized carbons (Fsp3) is 0.0870. The molecule has 2 aromatic heterocycles. The molecule has 0 saturated heterocycles. The van der Waals surface area contributed by atoms with Gasteiger partial charge in [0.25, 0.3) is 5.91 Å². The summed E-state index contributed by atoms with van der Waals surface area (Å²) in [7, 11) is 0. The molecule has 0 spiro atoms. The minimum absolute atomic E-state index is 0.0242. The fourth-order valence-corrected chi connectivity index (χ4v) is 3.01. The minimum Gasteiger partial charge on any atom is -0.469 e. The molecule has 2 heterocycles. The molecule has 0 saturated carbocycles. The zero-order valence-electron chi connectivity index (χ0n) is 16.5. The SMILES string of the molecule is Cc1occc1C(=O)Nc1cc(NC(=O)Cc2cc(-c3ccccc3)on2)ccc1F. The van der Waals surface area contributed by atoms with E-state index in [4.69, 9.17) is 8.94 Å². The highest BCUT2D eigenvalue weighted by atomic mass is 19.1. The van der Waals surface area contributed by atoms with Crippen LogP contribution in [0.4, 0.5) is 15.8 Å². The first-order valence-corrected chi connectivity index (χ1v) is 9.45. The van der Waals surface area contributed by atoms with E-state index in [1.54, 1.807) is 13.0 Å². The molecule has 0 unspecified atom stereocenters. The van der Waals surface area contributed by atoms with E-state index in [-0.39, 0.29) is 18.0 Å². The molecule has 0 radical (unpaired) electrons. The summed E-state index contributed by atoms with van der Waals surface area (Å²) < 4.78 is 24.5. The van der Waals surface area contributed by atoms with Crippen LogP contribution in [0.1, 0.15) is 21.8 Å². The Kier molecular flexibility index (Phi) is 5.61. The summed E-state index contributed by atoms with van der Waals surface area (Å²) >= 11 is 0. The van der Waals surface area contributed by atoms with Crippen molar-refractivity contribution in [1.82, 2.24) is 5.16 Å². The number of anilines is 2. The number of furan rings is 1. The number of amides is 2. The van der Waals surface area contributed by atoms with Crippen LogP contribution in [0, 0.1) is 12.7 Å². The number of nitrogens with one attached hydrogen (secondary N) is 2. The summed E-state index contributed by atoms with van der Waals surface area (Å²) in [6.45, 7) is 1.63. The standard InChI is InChI=1S/C23H18FN3O4/c1-14-18(9-10-30-14)23(29)26-20-11-16(7-8-19(20)24)25-22(28)13-17-12-21(31-27-17)15-5-3-2-4-6-15/h2-12H,13H2,1H3,(H,25,28)(H,26,29). The number of halogens is 1. The van der Waals surface area contributed by atoms with E-state index in [2.05, 4.69) is 15.8 Å². The Bertz CT molecular complexity index is 1230. The van der Waals surface area contributed by atoms with Gasteiger partial charge in [0.15, 0.2) is 5.76 Å². The Morgan fingerprint density at radius 1 is 1.03 bits per heavy atom. The van der Waals surface area contributed by atoms with Gasteiger partial charge in [-0.1, -0.05) is 35.5 Å². The quantitative estimate of drug-likeness (QED) is 0.467. The number of carbonyl (C=O) groups is 2. The number of aryl methyl sites for hydroxylation is 1. The summed E-state index contributed by atoms with van der Waals surface area (Å²) in [5.74, 6) is -0.516. The lowest BCUT2D eigenvalue weighted by molar-refractivity contribution is -0.115. The molecular weight excluding hydrogens is 401 g/mol. The van der Waals surface area contributed by atoms with Gasteiger partial charge in [-0.15, -0.1) is 0 Å². The van der Waals surface area contributed by atoms with E-state index >= 15 is 0 Å². The maximum atomic E-state index is 14.1. The highest BCUT2D eigenvalue weighted by Gasteiger charge is 2.15. The van der Waals surface area contributed by atoms with Crippen LogP contribution in [-0.2, 0) is 11.2 Å². The molecule has 2 N–H and O–H groups in total. The number of nitrogens with zero attached hydrogens (tertiary/aromatic N) is 1. The van der Waals surface area contributed by atoms with Crippen LogP contribution in [0.5, 0.6) is 0 Å². The lowest BCUT2D eigenvalue weighted by Gasteiger charge is -2.09. The molecule has 8 heteroatoms. The average Bonchev–Trinajstić information content (AvgIpc) is 3.40. The van der Waals surface area contributed by atoms with Crippen molar-refractivity contribution in [3.05, 3.63) is 89.8 Å². The number of aromatic nitrogens is 1. The number of carbonyl (C=O) groups excluding carboxylic acids is 2. The van der Waals surface area contributed by atoms with Gasteiger partial charge in [-0.2, -0.15) is 0 Å². The molecule has 4 rings (SSSR count).